The van der Waals surface area contributed by atoms with Crippen molar-refractivity contribution in [2.24, 2.45) is 0 Å². The number of nitrogens with one attached hydrogen (secondary N) is 2. The molecule has 0 saturated heterocycles. The Morgan fingerprint density at radius 1 is 1.24 bits per heavy atom. The Balaban J connectivity index is 2.13. The van der Waals surface area contributed by atoms with Gasteiger partial charge in [-0.3, -0.25) is 0 Å². The summed E-state index contributed by atoms with van der Waals surface area (Å²) < 4.78 is 5.16. The second kappa shape index (κ2) is 7.86. The van der Waals surface area contributed by atoms with Crippen LogP contribution in [-0.4, -0.2) is 29.8 Å². The fraction of sp³-hybridized carbons (Fsp3) is 0.625. The summed E-state index contributed by atoms with van der Waals surface area (Å²) in [4.78, 5) is 15.8. The second-order valence-electron chi connectivity index (χ2n) is 6.24. The maximum atomic E-state index is 11.4. The van der Waals surface area contributed by atoms with Gasteiger partial charge in [0.15, 0.2) is 0 Å². The molecule has 0 spiro atoms. The van der Waals surface area contributed by atoms with Gasteiger partial charge in [0.05, 0.1) is 0 Å². The van der Waals surface area contributed by atoms with E-state index in [9.17, 15) is 4.79 Å². The highest BCUT2D eigenvalue weighted by atomic mass is 16.6. The van der Waals surface area contributed by atoms with Crippen molar-refractivity contribution in [3.8, 4) is 0 Å². The fourth-order valence-electron chi connectivity index (χ4n) is 1.86. The van der Waals surface area contributed by atoms with Gasteiger partial charge in [0.1, 0.15) is 11.4 Å². The van der Waals surface area contributed by atoms with Gasteiger partial charge in [-0.2, -0.15) is 0 Å². The first-order chi connectivity index (χ1) is 9.78. The molecule has 5 nitrogen and oxygen atoms in total. The molecule has 1 aromatic heterocycles. The van der Waals surface area contributed by atoms with E-state index in [0.29, 0.717) is 6.54 Å². The number of rotatable bonds is 6. The average Bonchev–Trinajstić information content (AvgIpc) is 2.33. The molecule has 5 heteroatoms. The van der Waals surface area contributed by atoms with Crippen LogP contribution < -0.4 is 10.6 Å². The molecule has 118 valence electrons. The van der Waals surface area contributed by atoms with E-state index in [4.69, 9.17) is 4.74 Å². The lowest BCUT2D eigenvalue weighted by molar-refractivity contribution is 0.0527. The monoisotopic (exact) mass is 293 g/mol. The summed E-state index contributed by atoms with van der Waals surface area (Å²) in [5.41, 5.74) is 1.88. The maximum absolute atomic E-state index is 11.4. The molecule has 1 rings (SSSR count). The molecule has 1 amide bonds. The minimum Gasteiger partial charge on any atom is -0.444 e. The Morgan fingerprint density at radius 2 is 1.90 bits per heavy atom. The van der Waals surface area contributed by atoms with Gasteiger partial charge in [0.2, 0.25) is 0 Å². The lowest BCUT2D eigenvalue weighted by atomic mass is 10.2. The first kappa shape index (κ1) is 17.3. The zero-order chi connectivity index (χ0) is 15.9. The van der Waals surface area contributed by atoms with Gasteiger partial charge in [0.25, 0.3) is 0 Å². The highest BCUT2D eigenvalue weighted by Crippen LogP contribution is 2.12. The molecule has 0 radical (unpaired) electrons. The molecule has 21 heavy (non-hydrogen) atoms. The number of anilines is 1. The van der Waals surface area contributed by atoms with E-state index < -0.39 is 5.60 Å². The number of unbranched alkanes of at least 4 members (excludes halogenated alkanes) is 1. The predicted octanol–water partition coefficient (Wildman–Crippen LogP) is 3.42. The summed E-state index contributed by atoms with van der Waals surface area (Å²) in [6.45, 7) is 11.1. The van der Waals surface area contributed by atoms with Crippen LogP contribution >= 0.6 is 0 Å². The SMILES string of the molecule is Cc1cnc(NCCCCNC(=O)OC(C)(C)C)c(C)c1. The van der Waals surface area contributed by atoms with Gasteiger partial charge in [-0.1, -0.05) is 6.07 Å². The van der Waals surface area contributed by atoms with Gasteiger partial charge in [-0.05, 0) is 58.6 Å². The van der Waals surface area contributed by atoms with Crippen molar-refractivity contribution < 1.29 is 9.53 Å². The number of carbonyl (C=O) groups excluding carboxylic acids is 1. The van der Waals surface area contributed by atoms with E-state index in [1.54, 1.807) is 0 Å². The lowest BCUT2D eigenvalue weighted by Crippen LogP contribution is -2.33. The van der Waals surface area contributed by atoms with Crippen LogP contribution in [0.25, 0.3) is 0 Å². The van der Waals surface area contributed by atoms with Gasteiger partial charge in [-0.15, -0.1) is 0 Å². The van der Waals surface area contributed by atoms with Crippen LogP contribution in [-0.2, 0) is 4.74 Å². The first-order valence-electron chi connectivity index (χ1n) is 7.42. The molecule has 0 atom stereocenters. The topological polar surface area (TPSA) is 63.2 Å². The number of hydrogen-bond donors (Lipinski definition) is 2. The highest BCUT2D eigenvalue weighted by Gasteiger charge is 2.15. The zero-order valence-electron chi connectivity index (χ0n) is 13.7. The summed E-state index contributed by atoms with van der Waals surface area (Å²) in [5, 5.41) is 6.06. The van der Waals surface area contributed by atoms with E-state index in [0.717, 1.165) is 30.8 Å². The highest BCUT2D eigenvalue weighted by molar-refractivity contribution is 5.67. The number of hydrogen-bond acceptors (Lipinski definition) is 4. The first-order valence-corrected chi connectivity index (χ1v) is 7.42. The van der Waals surface area contributed by atoms with Gasteiger partial charge in [-0.25, -0.2) is 9.78 Å². The summed E-state index contributed by atoms with van der Waals surface area (Å²) in [6.07, 6.45) is 3.37. The van der Waals surface area contributed by atoms with Crippen LogP contribution in [0.4, 0.5) is 10.6 Å². The van der Waals surface area contributed by atoms with Crippen LogP contribution in [0.2, 0.25) is 0 Å². The number of aromatic nitrogens is 1. The minimum atomic E-state index is -0.444. The molecule has 1 aromatic rings. The van der Waals surface area contributed by atoms with Crippen molar-refractivity contribution >= 4 is 11.9 Å². The van der Waals surface area contributed by atoms with E-state index >= 15 is 0 Å². The van der Waals surface area contributed by atoms with Crippen molar-refractivity contribution in [3.05, 3.63) is 23.4 Å². The fourth-order valence-corrected chi connectivity index (χ4v) is 1.86. The predicted molar refractivity (Wildman–Crippen MR) is 85.7 cm³/mol. The average molecular weight is 293 g/mol. The number of ether oxygens (including phenoxy) is 1. The normalized spacial score (nSPS) is 11.1. The molecule has 0 aliphatic heterocycles. The van der Waals surface area contributed by atoms with E-state index in [1.165, 1.54) is 5.56 Å². The zero-order valence-corrected chi connectivity index (χ0v) is 13.7. The Bertz CT molecular complexity index is 467. The van der Waals surface area contributed by atoms with Crippen molar-refractivity contribution in [2.45, 2.75) is 53.1 Å². The molecular formula is C16H27N3O2. The molecule has 1 heterocycles. The van der Waals surface area contributed by atoms with Crippen molar-refractivity contribution in [2.75, 3.05) is 18.4 Å². The molecule has 0 aliphatic carbocycles. The van der Waals surface area contributed by atoms with Gasteiger partial charge < -0.3 is 15.4 Å². The molecular weight excluding hydrogens is 266 g/mol. The van der Waals surface area contributed by atoms with Gasteiger partial charge >= 0.3 is 6.09 Å². The maximum Gasteiger partial charge on any atom is 0.407 e. The van der Waals surface area contributed by atoms with Crippen molar-refractivity contribution in [3.63, 3.8) is 0 Å². The third-order valence-electron chi connectivity index (χ3n) is 2.78. The van der Waals surface area contributed by atoms with Gasteiger partial charge in [0, 0.05) is 19.3 Å². The number of pyridine rings is 1. The Labute approximate surface area is 127 Å². The van der Waals surface area contributed by atoms with E-state index in [-0.39, 0.29) is 6.09 Å². The quantitative estimate of drug-likeness (QED) is 0.789. The molecule has 0 aromatic carbocycles. The Hall–Kier alpha value is -1.78. The van der Waals surface area contributed by atoms with Crippen LogP contribution in [0, 0.1) is 13.8 Å². The molecule has 0 unspecified atom stereocenters. The number of aryl methyl sites for hydroxylation is 2. The smallest absolute Gasteiger partial charge is 0.407 e. The number of amides is 1. The molecule has 0 saturated carbocycles. The summed E-state index contributed by atoms with van der Waals surface area (Å²) in [6, 6.07) is 2.11. The largest absolute Gasteiger partial charge is 0.444 e. The summed E-state index contributed by atoms with van der Waals surface area (Å²) in [7, 11) is 0. The van der Waals surface area contributed by atoms with Crippen LogP contribution in [0.1, 0.15) is 44.7 Å². The standard InChI is InChI=1S/C16H27N3O2/c1-12-10-13(2)14(19-11-12)17-8-6-7-9-18-15(20)21-16(3,4)5/h10-11H,6-9H2,1-5H3,(H,17,19)(H,18,20). The Kier molecular flexibility index (Phi) is 6.46. The number of nitrogens with zero attached hydrogens (tertiary/aromatic N) is 1. The summed E-state index contributed by atoms with van der Waals surface area (Å²) in [5.74, 6) is 0.931. The summed E-state index contributed by atoms with van der Waals surface area (Å²) >= 11 is 0. The van der Waals surface area contributed by atoms with Crippen LogP contribution in [0.5, 0.6) is 0 Å². The van der Waals surface area contributed by atoms with Crippen LogP contribution in [0.15, 0.2) is 12.3 Å². The third kappa shape index (κ3) is 7.54. The third-order valence-corrected chi connectivity index (χ3v) is 2.78. The molecule has 2 N–H and O–H groups in total. The second-order valence-corrected chi connectivity index (χ2v) is 6.24. The van der Waals surface area contributed by atoms with Crippen LogP contribution in [0.3, 0.4) is 0 Å². The van der Waals surface area contributed by atoms with E-state index in [2.05, 4.69) is 21.7 Å². The number of carbonyl (C=O) groups is 1. The van der Waals surface area contributed by atoms with Crippen molar-refractivity contribution in [1.82, 2.24) is 10.3 Å². The van der Waals surface area contributed by atoms with E-state index in [1.807, 2.05) is 40.8 Å². The lowest BCUT2D eigenvalue weighted by Gasteiger charge is -2.19. The molecule has 0 fully saturated rings. The Morgan fingerprint density at radius 3 is 2.52 bits per heavy atom. The number of alkyl carbamates (subject to hydrolysis) is 1. The van der Waals surface area contributed by atoms with Crippen molar-refractivity contribution in [1.29, 1.82) is 0 Å². The molecule has 0 aliphatic rings. The molecule has 0 bridgehead atoms. The minimum absolute atomic E-state index is 0.355.